The molecule has 0 atom stereocenters. The van der Waals surface area contributed by atoms with Crippen LogP contribution < -0.4 is 11.1 Å². The van der Waals surface area contributed by atoms with Crippen molar-refractivity contribution in [1.29, 1.82) is 0 Å². The number of nitrogens with zero attached hydrogens (tertiary/aromatic N) is 3. The molecular weight excluding hydrogens is 238 g/mol. The molecule has 8 heteroatoms. The first kappa shape index (κ1) is 14.6. The van der Waals surface area contributed by atoms with Crippen molar-refractivity contribution >= 4 is 5.91 Å². The zero-order valence-corrected chi connectivity index (χ0v) is 10.2. The number of hydrogen-bond donors (Lipinski definition) is 3. The third kappa shape index (κ3) is 6.28. The van der Waals surface area contributed by atoms with E-state index in [1.165, 1.54) is 0 Å². The Bertz CT molecular complexity index is 355. The van der Waals surface area contributed by atoms with Crippen molar-refractivity contribution in [3.63, 3.8) is 0 Å². The number of carbonyl (C=O) groups excluding carboxylic acids is 1. The molecule has 0 saturated heterocycles. The van der Waals surface area contributed by atoms with Crippen LogP contribution in [0.2, 0.25) is 0 Å². The molecule has 1 rings (SSSR count). The molecule has 1 aromatic rings. The standard InChI is InChI=1S/C10H19N5O3/c11-10(17)8-18-5-2-12-6-9-7-15(14-13-9)3-1-4-16/h7,12,16H,1-6,8H2,(H2,11,17). The van der Waals surface area contributed by atoms with Gasteiger partial charge in [-0.3, -0.25) is 9.48 Å². The Balaban J connectivity index is 2.08. The van der Waals surface area contributed by atoms with E-state index in [1.807, 2.05) is 6.20 Å². The Labute approximate surface area is 105 Å². The molecule has 4 N–H and O–H groups in total. The topological polar surface area (TPSA) is 115 Å². The minimum Gasteiger partial charge on any atom is -0.396 e. The second-order valence-corrected chi connectivity index (χ2v) is 3.75. The van der Waals surface area contributed by atoms with Gasteiger partial charge in [0.1, 0.15) is 6.61 Å². The Hall–Kier alpha value is -1.51. The fraction of sp³-hybridized carbons (Fsp3) is 0.700. The van der Waals surface area contributed by atoms with Gasteiger partial charge in [0.25, 0.3) is 0 Å². The highest BCUT2D eigenvalue weighted by Crippen LogP contribution is 1.93. The number of rotatable bonds is 10. The maximum atomic E-state index is 10.4. The van der Waals surface area contributed by atoms with E-state index in [2.05, 4.69) is 15.6 Å². The number of aliphatic hydroxyl groups excluding tert-OH is 1. The SMILES string of the molecule is NC(=O)COCCNCc1cn(CCCO)nn1. The summed E-state index contributed by atoms with van der Waals surface area (Å²) in [5, 5.41) is 19.7. The summed E-state index contributed by atoms with van der Waals surface area (Å²) in [7, 11) is 0. The summed E-state index contributed by atoms with van der Waals surface area (Å²) in [4.78, 5) is 10.4. The maximum absolute atomic E-state index is 10.4. The molecule has 0 aromatic carbocycles. The molecule has 0 spiro atoms. The third-order valence-corrected chi connectivity index (χ3v) is 2.11. The van der Waals surface area contributed by atoms with Crippen LogP contribution >= 0.6 is 0 Å². The molecule has 1 heterocycles. The zero-order chi connectivity index (χ0) is 13.2. The summed E-state index contributed by atoms with van der Waals surface area (Å²) < 4.78 is 6.68. The van der Waals surface area contributed by atoms with E-state index in [9.17, 15) is 4.79 Å². The molecule has 8 nitrogen and oxygen atoms in total. The lowest BCUT2D eigenvalue weighted by Crippen LogP contribution is -2.23. The van der Waals surface area contributed by atoms with Crippen LogP contribution in [0.25, 0.3) is 0 Å². The number of aryl methyl sites for hydroxylation is 1. The summed E-state index contributed by atoms with van der Waals surface area (Å²) >= 11 is 0. The van der Waals surface area contributed by atoms with Crippen molar-refractivity contribution in [3.05, 3.63) is 11.9 Å². The van der Waals surface area contributed by atoms with Gasteiger partial charge in [-0.2, -0.15) is 0 Å². The predicted molar refractivity (Wildman–Crippen MR) is 63.4 cm³/mol. The quantitative estimate of drug-likeness (QED) is 0.428. The number of carbonyl (C=O) groups is 1. The van der Waals surface area contributed by atoms with E-state index < -0.39 is 5.91 Å². The van der Waals surface area contributed by atoms with Crippen LogP contribution in [0.1, 0.15) is 12.1 Å². The number of amides is 1. The van der Waals surface area contributed by atoms with Crippen LogP contribution in [-0.2, 0) is 22.6 Å². The summed E-state index contributed by atoms with van der Waals surface area (Å²) in [5.41, 5.74) is 5.74. The Morgan fingerprint density at radius 2 is 2.44 bits per heavy atom. The largest absolute Gasteiger partial charge is 0.396 e. The van der Waals surface area contributed by atoms with Crippen LogP contribution in [0.15, 0.2) is 6.20 Å². The lowest BCUT2D eigenvalue weighted by atomic mass is 10.4. The van der Waals surface area contributed by atoms with Gasteiger partial charge in [0.15, 0.2) is 0 Å². The normalized spacial score (nSPS) is 10.7. The maximum Gasteiger partial charge on any atom is 0.243 e. The van der Waals surface area contributed by atoms with E-state index >= 15 is 0 Å². The molecule has 1 amide bonds. The minimum absolute atomic E-state index is 0.0565. The van der Waals surface area contributed by atoms with Gasteiger partial charge in [0.2, 0.25) is 5.91 Å². The van der Waals surface area contributed by atoms with E-state index in [0.29, 0.717) is 32.7 Å². The summed E-state index contributed by atoms with van der Waals surface area (Å²) in [6.07, 6.45) is 2.49. The van der Waals surface area contributed by atoms with Gasteiger partial charge in [-0.05, 0) is 6.42 Å². The summed E-state index contributed by atoms with van der Waals surface area (Å²) in [5.74, 6) is -0.471. The molecule has 0 saturated carbocycles. The van der Waals surface area contributed by atoms with Crippen molar-refractivity contribution in [2.45, 2.75) is 19.5 Å². The van der Waals surface area contributed by atoms with Crippen molar-refractivity contribution < 1.29 is 14.6 Å². The van der Waals surface area contributed by atoms with Gasteiger partial charge in [-0.25, -0.2) is 0 Å². The smallest absolute Gasteiger partial charge is 0.243 e. The third-order valence-electron chi connectivity index (χ3n) is 2.11. The minimum atomic E-state index is -0.471. The molecular formula is C10H19N5O3. The first-order valence-corrected chi connectivity index (χ1v) is 5.79. The molecule has 0 radical (unpaired) electrons. The molecule has 0 aliphatic carbocycles. The van der Waals surface area contributed by atoms with Gasteiger partial charge in [0, 0.05) is 32.4 Å². The lowest BCUT2D eigenvalue weighted by Gasteiger charge is -2.02. The number of ether oxygens (including phenoxy) is 1. The monoisotopic (exact) mass is 257 g/mol. The highest BCUT2D eigenvalue weighted by atomic mass is 16.5. The molecule has 102 valence electrons. The Morgan fingerprint density at radius 1 is 1.61 bits per heavy atom. The number of aromatic nitrogens is 3. The summed E-state index contributed by atoms with van der Waals surface area (Å²) in [6, 6.07) is 0. The number of primary amides is 1. The van der Waals surface area contributed by atoms with Crippen molar-refractivity contribution in [2.75, 3.05) is 26.4 Å². The molecule has 1 aromatic heterocycles. The highest BCUT2D eigenvalue weighted by molar-refractivity contribution is 5.74. The van der Waals surface area contributed by atoms with E-state index in [1.54, 1.807) is 4.68 Å². The van der Waals surface area contributed by atoms with Crippen molar-refractivity contribution in [1.82, 2.24) is 20.3 Å². The summed E-state index contributed by atoms with van der Waals surface area (Å²) in [6.45, 7) is 2.35. The van der Waals surface area contributed by atoms with Crippen molar-refractivity contribution in [3.8, 4) is 0 Å². The van der Waals surface area contributed by atoms with E-state index in [0.717, 1.165) is 5.69 Å². The Morgan fingerprint density at radius 3 is 3.17 bits per heavy atom. The average Bonchev–Trinajstić information content (AvgIpc) is 2.78. The molecule has 0 aliphatic heterocycles. The van der Waals surface area contributed by atoms with Gasteiger partial charge in [0.05, 0.1) is 12.3 Å². The second kappa shape index (κ2) is 8.56. The van der Waals surface area contributed by atoms with Crippen LogP contribution in [0.3, 0.4) is 0 Å². The van der Waals surface area contributed by atoms with Gasteiger partial charge < -0.3 is 20.9 Å². The van der Waals surface area contributed by atoms with E-state index in [-0.39, 0.29) is 13.2 Å². The molecule has 18 heavy (non-hydrogen) atoms. The first-order valence-electron chi connectivity index (χ1n) is 5.79. The predicted octanol–water partition coefficient (Wildman–Crippen LogP) is -1.75. The van der Waals surface area contributed by atoms with Crippen LogP contribution in [0, 0.1) is 0 Å². The molecule has 0 unspecified atom stereocenters. The van der Waals surface area contributed by atoms with E-state index in [4.69, 9.17) is 15.6 Å². The van der Waals surface area contributed by atoms with Crippen LogP contribution in [-0.4, -0.2) is 52.4 Å². The fourth-order valence-electron chi connectivity index (χ4n) is 1.30. The number of hydrogen-bond acceptors (Lipinski definition) is 6. The first-order chi connectivity index (χ1) is 8.72. The zero-order valence-electron chi connectivity index (χ0n) is 10.2. The average molecular weight is 257 g/mol. The van der Waals surface area contributed by atoms with Gasteiger partial charge in [-0.1, -0.05) is 5.21 Å². The fourth-order valence-corrected chi connectivity index (χ4v) is 1.30. The highest BCUT2D eigenvalue weighted by Gasteiger charge is 2.00. The van der Waals surface area contributed by atoms with Crippen LogP contribution in [0.5, 0.6) is 0 Å². The van der Waals surface area contributed by atoms with Gasteiger partial charge >= 0.3 is 0 Å². The second-order valence-electron chi connectivity index (χ2n) is 3.75. The molecule has 0 fully saturated rings. The van der Waals surface area contributed by atoms with Crippen molar-refractivity contribution in [2.24, 2.45) is 5.73 Å². The number of nitrogens with one attached hydrogen (secondary N) is 1. The van der Waals surface area contributed by atoms with Crippen LogP contribution in [0.4, 0.5) is 0 Å². The lowest BCUT2D eigenvalue weighted by molar-refractivity contribution is -0.122. The molecule has 0 bridgehead atoms. The number of nitrogens with two attached hydrogens (primary N) is 1. The Kier molecular flexibility index (Phi) is 6.92. The molecule has 0 aliphatic rings. The number of aliphatic hydroxyl groups is 1. The van der Waals surface area contributed by atoms with Gasteiger partial charge in [-0.15, -0.1) is 5.10 Å².